The SMILES string of the molecule is CC(=O)Nc1ccc(CC(C)(C)CO[Si](C)(C)C(C)(C)C)c(C(F)(F)F)c1. The van der Waals surface area contributed by atoms with Gasteiger partial charge in [-0.05, 0) is 47.7 Å². The Hall–Kier alpha value is -1.34. The lowest BCUT2D eigenvalue weighted by Crippen LogP contribution is -2.43. The molecule has 1 N–H and O–H groups in total. The Bertz CT molecular complexity index is 677. The summed E-state index contributed by atoms with van der Waals surface area (Å²) in [4.78, 5) is 11.1. The second-order valence-electron chi connectivity index (χ2n) is 9.44. The van der Waals surface area contributed by atoms with E-state index in [1.54, 1.807) is 0 Å². The Morgan fingerprint density at radius 3 is 2.11 bits per heavy atom. The van der Waals surface area contributed by atoms with E-state index in [9.17, 15) is 18.0 Å². The normalized spacial score (nSPS) is 13.6. The van der Waals surface area contributed by atoms with E-state index in [0.717, 1.165) is 6.07 Å². The Morgan fingerprint density at radius 2 is 1.67 bits per heavy atom. The van der Waals surface area contributed by atoms with Gasteiger partial charge in [0, 0.05) is 19.2 Å². The highest BCUT2D eigenvalue weighted by Gasteiger charge is 2.39. The van der Waals surface area contributed by atoms with Crippen molar-refractivity contribution in [2.75, 3.05) is 11.9 Å². The van der Waals surface area contributed by atoms with Gasteiger partial charge in [0.25, 0.3) is 0 Å². The number of hydrogen-bond acceptors (Lipinski definition) is 2. The molecule has 3 nitrogen and oxygen atoms in total. The molecule has 0 saturated heterocycles. The third-order valence-corrected chi connectivity index (χ3v) is 9.51. The second-order valence-corrected chi connectivity index (χ2v) is 14.3. The van der Waals surface area contributed by atoms with E-state index in [1.807, 2.05) is 13.8 Å². The first kappa shape index (κ1) is 23.7. The molecule has 0 saturated carbocycles. The zero-order valence-electron chi connectivity index (χ0n) is 17.6. The average molecular weight is 404 g/mol. The number of hydrogen-bond donors (Lipinski definition) is 1. The highest BCUT2D eigenvalue weighted by Crippen LogP contribution is 2.39. The van der Waals surface area contributed by atoms with Gasteiger partial charge in [-0.25, -0.2) is 0 Å². The van der Waals surface area contributed by atoms with E-state index in [-0.39, 0.29) is 22.7 Å². The lowest BCUT2D eigenvalue weighted by Gasteiger charge is -2.39. The number of alkyl halides is 3. The summed E-state index contributed by atoms with van der Waals surface area (Å²) < 4.78 is 46.8. The Balaban J connectivity index is 3.06. The van der Waals surface area contributed by atoms with Gasteiger partial charge in [0.15, 0.2) is 8.32 Å². The van der Waals surface area contributed by atoms with Crippen LogP contribution in [-0.4, -0.2) is 20.8 Å². The van der Waals surface area contributed by atoms with Crippen LogP contribution in [0.1, 0.15) is 52.7 Å². The summed E-state index contributed by atoms with van der Waals surface area (Å²) in [5.41, 5.74) is -0.811. The predicted octanol–water partition coefficient (Wildman–Crippen LogP) is 6.25. The fraction of sp³-hybridized carbons (Fsp3) is 0.650. The molecule has 0 heterocycles. The van der Waals surface area contributed by atoms with Gasteiger partial charge >= 0.3 is 6.18 Å². The summed E-state index contributed by atoms with van der Waals surface area (Å²) in [7, 11) is -1.98. The van der Waals surface area contributed by atoms with Gasteiger partial charge in [-0.15, -0.1) is 0 Å². The molecule has 0 bridgehead atoms. The highest BCUT2D eigenvalue weighted by molar-refractivity contribution is 6.74. The molecule has 154 valence electrons. The van der Waals surface area contributed by atoms with Crippen LogP contribution in [0.15, 0.2) is 18.2 Å². The number of anilines is 1. The van der Waals surface area contributed by atoms with Crippen molar-refractivity contribution in [3.8, 4) is 0 Å². The first-order chi connectivity index (χ1) is 11.9. The van der Waals surface area contributed by atoms with Crippen LogP contribution in [-0.2, 0) is 21.8 Å². The van der Waals surface area contributed by atoms with Gasteiger partial charge in [0.1, 0.15) is 0 Å². The summed E-state index contributed by atoms with van der Waals surface area (Å²) in [6, 6.07) is 3.96. The molecule has 0 aliphatic heterocycles. The van der Waals surface area contributed by atoms with Crippen molar-refractivity contribution in [2.45, 2.75) is 72.3 Å². The minimum Gasteiger partial charge on any atom is -0.416 e. The lowest BCUT2D eigenvalue weighted by atomic mass is 9.84. The summed E-state index contributed by atoms with van der Waals surface area (Å²) in [6.45, 7) is 16.2. The van der Waals surface area contributed by atoms with Crippen molar-refractivity contribution in [1.29, 1.82) is 0 Å². The maximum atomic E-state index is 13.5. The van der Waals surface area contributed by atoms with Crippen LogP contribution in [0, 0.1) is 5.41 Å². The van der Waals surface area contributed by atoms with Gasteiger partial charge in [0.05, 0.1) is 5.56 Å². The first-order valence-corrected chi connectivity index (χ1v) is 12.0. The number of rotatable bonds is 6. The van der Waals surface area contributed by atoms with E-state index in [0.29, 0.717) is 6.61 Å². The first-order valence-electron chi connectivity index (χ1n) is 9.06. The molecule has 0 unspecified atom stereocenters. The molecule has 27 heavy (non-hydrogen) atoms. The number of carbonyl (C=O) groups is 1. The summed E-state index contributed by atoms with van der Waals surface area (Å²) in [6.07, 6.45) is -4.25. The lowest BCUT2D eigenvalue weighted by molar-refractivity contribution is -0.138. The van der Waals surface area contributed by atoms with E-state index in [1.165, 1.54) is 19.1 Å². The van der Waals surface area contributed by atoms with Crippen molar-refractivity contribution in [3.05, 3.63) is 29.3 Å². The van der Waals surface area contributed by atoms with Crippen LogP contribution < -0.4 is 5.32 Å². The smallest absolute Gasteiger partial charge is 0.416 e. The molecule has 1 aromatic rings. The largest absolute Gasteiger partial charge is 0.416 e. The average Bonchev–Trinajstić information content (AvgIpc) is 2.44. The zero-order valence-corrected chi connectivity index (χ0v) is 18.6. The Labute approximate surface area is 161 Å². The quantitative estimate of drug-likeness (QED) is 0.570. The van der Waals surface area contributed by atoms with E-state index in [2.05, 4.69) is 39.2 Å². The van der Waals surface area contributed by atoms with Crippen molar-refractivity contribution >= 4 is 19.9 Å². The third kappa shape index (κ3) is 6.96. The van der Waals surface area contributed by atoms with Gasteiger partial charge in [0.2, 0.25) is 5.91 Å². The standard InChI is InChI=1S/C20H32F3NO2Si/c1-14(25)24-16-10-9-15(17(11-16)20(21,22)23)12-19(5,6)13-26-27(7,8)18(2,3)4/h9-11H,12-13H2,1-8H3,(H,24,25). The summed E-state index contributed by atoms with van der Waals surface area (Å²) in [5.74, 6) is -0.404. The molecule has 0 atom stereocenters. The molecule has 0 radical (unpaired) electrons. The molecule has 0 aliphatic rings. The Morgan fingerprint density at radius 1 is 1.11 bits per heavy atom. The second kappa shape index (κ2) is 7.95. The van der Waals surface area contributed by atoms with E-state index < -0.39 is 31.4 Å². The highest BCUT2D eigenvalue weighted by atomic mass is 28.4. The molecule has 1 amide bonds. The molecule has 0 spiro atoms. The topological polar surface area (TPSA) is 38.3 Å². The Kier molecular flexibility index (Phi) is 6.98. The van der Waals surface area contributed by atoms with Gasteiger partial charge in [-0.3, -0.25) is 4.79 Å². The fourth-order valence-corrected chi connectivity index (χ4v) is 3.62. The third-order valence-electron chi connectivity index (χ3n) is 5.03. The predicted molar refractivity (Wildman–Crippen MR) is 106 cm³/mol. The van der Waals surface area contributed by atoms with Crippen LogP contribution in [0.4, 0.5) is 18.9 Å². The number of benzene rings is 1. The molecule has 1 aromatic carbocycles. The summed E-state index contributed by atoms with van der Waals surface area (Å²) >= 11 is 0. The molecule has 7 heteroatoms. The molecule has 0 aromatic heterocycles. The minimum atomic E-state index is -4.49. The van der Waals surface area contributed by atoms with Gasteiger partial charge < -0.3 is 9.74 Å². The number of amides is 1. The van der Waals surface area contributed by atoms with Crippen LogP contribution in [0.25, 0.3) is 0 Å². The van der Waals surface area contributed by atoms with Crippen molar-refractivity contribution in [3.63, 3.8) is 0 Å². The van der Waals surface area contributed by atoms with Crippen LogP contribution in [0.3, 0.4) is 0 Å². The van der Waals surface area contributed by atoms with Crippen molar-refractivity contribution in [1.82, 2.24) is 0 Å². The maximum absolute atomic E-state index is 13.5. The van der Waals surface area contributed by atoms with Crippen LogP contribution in [0.2, 0.25) is 18.1 Å². The number of carbonyl (C=O) groups excluding carboxylic acids is 1. The molecular weight excluding hydrogens is 371 g/mol. The molecule has 0 fully saturated rings. The molecule has 1 rings (SSSR count). The van der Waals surface area contributed by atoms with E-state index >= 15 is 0 Å². The zero-order chi connectivity index (χ0) is 21.3. The molecular formula is C20H32F3NO2Si. The van der Waals surface area contributed by atoms with E-state index in [4.69, 9.17) is 4.43 Å². The summed E-state index contributed by atoms with van der Waals surface area (Å²) in [5, 5.41) is 2.45. The number of nitrogens with one attached hydrogen (secondary N) is 1. The molecule has 0 aliphatic carbocycles. The van der Waals surface area contributed by atoms with Crippen LogP contribution in [0.5, 0.6) is 0 Å². The van der Waals surface area contributed by atoms with Crippen molar-refractivity contribution in [2.24, 2.45) is 5.41 Å². The van der Waals surface area contributed by atoms with Gasteiger partial charge in [-0.2, -0.15) is 13.2 Å². The number of halogens is 3. The van der Waals surface area contributed by atoms with Crippen LogP contribution >= 0.6 is 0 Å². The minimum absolute atomic E-state index is 0.0419. The maximum Gasteiger partial charge on any atom is 0.416 e. The monoisotopic (exact) mass is 403 g/mol. The van der Waals surface area contributed by atoms with Crippen molar-refractivity contribution < 1.29 is 22.4 Å². The fourth-order valence-electron chi connectivity index (χ4n) is 2.43. The van der Waals surface area contributed by atoms with Gasteiger partial charge in [-0.1, -0.05) is 40.7 Å².